The van der Waals surface area contributed by atoms with E-state index < -0.39 is 17.8 Å². The number of halogens is 1. The molecule has 0 saturated carbocycles. The SMILES string of the molecule is CC1C(=O)NC(=O)CN1c1cc(F)cc(CN)c1. The Hall–Kier alpha value is -1.95. The average molecular weight is 251 g/mol. The van der Waals surface area contributed by atoms with Gasteiger partial charge in [-0.25, -0.2) is 4.39 Å². The fourth-order valence-corrected chi connectivity index (χ4v) is 1.95. The summed E-state index contributed by atoms with van der Waals surface area (Å²) in [6.45, 7) is 1.89. The summed E-state index contributed by atoms with van der Waals surface area (Å²) in [7, 11) is 0. The van der Waals surface area contributed by atoms with Gasteiger partial charge in [0, 0.05) is 12.2 Å². The summed E-state index contributed by atoms with van der Waals surface area (Å²) in [6.07, 6.45) is 0. The largest absolute Gasteiger partial charge is 0.350 e. The minimum atomic E-state index is -0.518. The third-order valence-corrected chi connectivity index (χ3v) is 2.93. The van der Waals surface area contributed by atoms with Crippen LogP contribution in [0.4, 0.5) is 10.1 Å². The highest BCUT2D eigenvalue weighted by atomic mass is 19.1. The fourth-order valence-electron chi connectivity index (χ4n) is 1.95. The van der Waals surface area contributed by atoms with Gasteiger partial charge in [-0.3, -0.25) is 14.9 Å². The van der Waals surface area contributed by atoms with E-state index in [-0.39, 0.29) is 19.0 Å². The highest BCUT2D eigenvalue weighted by Gasteiger charge is 2.30. The van der Waals surface area contributed by atoms with Gasteiger partial charge in [-0.1, -0.05) is 0 Å². The molecule has 96 valence electrons. The van der Waals surface area contributed by atoms with E-state index in [0.29, 0.717) is 11.3 Å². The molecule has 1 aliphatic rings. The van der Waals surface area contributed by atoms with Crippen LogP contribution in [0, 0.1) is 5.82 Å². The molecule has 6 heteroatoms. The predicted octanol–water partition coefficient (Wildman–Crippen LogP) is 0.136. The number of carbonyl (C=O) groups is 2. The molecule has 1 fully saturated rings. The van der Waals surface area contributed by atoms with Crippen molar-refractivity contribution in [3.8, 4) is 0 Å². The number of hydrogen-bond acceptors (Lipinski definition) is 4. The van der Waals surface area contributed by atoms with Crippen molar-refractivity contribution in [2.75, 3.05) is 11.4 Å². The standard InChI is InChI=1S/C12H14FN3O2/c1-7-12(18)15-11(17)6-16(7)10-3-8(5-14)2-9(13)4-10/h2-4,7H,5-6,14H2,1H3,(H,15,17,18). The average Bonchev–Trinajstić information content (AvgIpc) is 2.32. The first-order valence-corrected chi connectivity index (χ1v) is 5.61. The van der Waals surface area contributed by atoms with Crippen molar-refractivity contribution in [1.29, 1.82) is 0 Å². The van der Waals surface area contributed by atoms with Crippen molar-refractivity contribution < 1.29 is 14.0 Å². The number of nitrogens with zero attached hydrogens (tertiary/aromatic N) is 1. The van der Waals surface area contributed by atoms with Crippen molar-refractivity contribution in [3.63, 3.8) is 0 Å². The zero-order valence-electron chi connectivity index (χ0n) is 9.94. The Balaban J connectivity index is 2.37. The second-order valence-electron chi connectivity index (χ2n) is 4.24. The molecule has 1 atom stereocenters. The molecule has 1 unspecified atom stereocenters. The first-order chi connectivity index (χ1) is 8.51. The Bertz CT molecular complexity index is 504. The van der Waals surface area contributed by atoms with Gasteiger partial charge >= 0.3 is 0 Å². The highest BCUT2D eigenvalue weighted by molar-refractivity contribution is 6.04. The van der Waals surface area contributed by atoms with Gasteiger partial charge in [-0.05, 0) is 30.7 Å². The van der Waals surface area contributed by atoms with Crippen LogP contribution in [0.1, 0.15) is 12.5 Å². The van der Waals surface area contributed by atoms with Crippen LogP contribution in [0.2, 0.25) is 0 Å². The van der Waals surface area contributed by atoms with E-state index >= 15 is 0 Å². The summed E-state index contributed by atoms with van der Waals surface area (Å²) in [5.41, 5.74) is 6.59. The van der Waals surface area contributed by atoms with Crippen LogP contribution >= 0.6 is 0 Å². The number of benzene rings is 1. The molecule has 1 aromatic rings. The molecule has 1 aromatic carbocycles. The van der Waals surface area contributed by atoms with Gasteiger partial charge in [-0.2, -0.15) is 0 Å². The van der Waals surface area contributed by atoms with Gasteiger partial charge in [0.15, 0.2) is 0 Å². The number of piperazine rings is 1. The number of nitrogens with two attached hydrogens (primary N) is 1. The summed E-state index contributed by atoms with van der Waals surface area (Å²) < 4.78 is 13.4. The number of hydrogen-bond donors (Lipinski definition) is 2. The van der Waals surface area contributed by atoms with Crippen LogP contribution in [0.25, 0.3) is 0 Å². The van der Waals surface area contributed by atoms with Gasteiger partial charge in [0.05, 0.1) is 6.54 Å². The Kier molecular flexibility index (Phi) is 3.29. The van der Waals surface area contributed by atoms with Gasteiger partial charge < -0.3 is 10.6 Å². The maximum atomic E-state index is 13.4. The summed E-state index contributed by atoms with van der Waals surface area (Å²) in [5, 5.41) is 2.23. The van der Waals surface area contributed by atoms with Crippen LogP contribution in [0.3, 0.4) is 0 Å². The lowest BCUT2D eigenvalue weighted by molar-refractivity contribution is -0.132. The quantitative estimate of drug-likeness (QED) is 0.733. The normalized spacial score (nSPS) is 19.9. The molecular weight excluding hydrogens is 237 g/mol. The zero-order valence-corrected chi connectivity index (χ0v) is 9.94. The maximum absolute atomic E-state index is 13.4. The molecular formula is C12H14FN3O2. The zero-order chi connectivity index (χ0) is 13.3. The second-order valence-corrected chi connectivity index (χ2v) is 4.24. The van der Waals surface area contributed by atoms with Crippen molar-refractivity contribution >= 4 is 17.5 Å². The smallest absolute Gasteiger partial charge is 0.249 e. The van der Waals surface area contributed by atoms with Gasteiger partial charge in [0.25, 0.3) is 0 Å². The molecule has 1 aliphatic heterocycles. The summed E-state index contributed by atoms with van der Waals surface area (Å²) >= 11 is 0. The van der Waals surface area contributed by atoms with E-state index in [4.69, 9.17) is 5.73 Å². The van der Waals surface area contributed by atoms with Crippen molar-refractivity contribution in [2.24, 2.45) is 5.73 Å². The molecule has 3 N–H and O–H groups in total. The second kappa shape index (κ2) is 4.73. The Morgan fingerprint density at radius 1 is 1.44 bits per heavy atom. The van der Waals surface area contributed by atoms with Gasteiger partial charge in [0.2, 0.25) is 11.8 Å². The highest BCUT2D eigenvalue weighted by Crippen LogP contribution is 2.22. The third kappa shape index (κ3) is 2.33. The first kappa shape index (κ1) is 12.5. The minimum absolute atomic E-state index is 0.0281. The summed E-state index contributed by atoms with van der Waals surface area (Å²) in [4.78, 5) is 24.4. The van der Waals surface area contributed by atoms with Crippen molar-refractivity contribution in [1.82, 2.24) is 5.32 Å². The topological polar surface area (TPSA) is 75.4 Å². The molecule has 5 nitrogen and oxygen atoms in total. The number of carbonyl (C=O) groups excluding carboxylic acids is 2. The Labute approximate surface area is 104 Å². The van der Waals surface area contributed by atoms with E-state index in [0.717, 1.165) is 0 Å². The molecule has 0 aliphatic carbocycles. The molecule has 0 aromatic heterocycles. The lowest BCUT2D eigenvalue weighted by Crippen LogP contribution is -2.57. The Morgan fingerprint density at radius 3 is 2.83 bits per heavy atom. The third-order valence-electron chi connectivity index (χ3n) is 2.93. The number of anilines is 1. The van der Waals surface area contributed by atoms with E-state index in [1.807, 2.05) is 0 Å². The lowest BCUT2D eigenvalue weighted by atomic mass is 10.1. The van der Waals surface area contributed by atoms with Gasteiger partial charge in [-0.15, -0.1) is 0 Å². The van der Waals surface area contributed by atoms with E-state index in [2.05, 4.69) is 5.32 Å². The Morgan fingerprint density at radius 2 is 2.17 bits per heavy atom. The van der Waals surface area contributed by atoms with Crippen LogP contribution in [0.5, 0.6) is 0 Å². The van der Waals surface area contributed by atoms with Crippen LogP contribution in [-0.2, 0) is 16.1 Å². The number of nitrogens with one attached hydrogen (secondary N) is 1. The molecule has 1 saturated heterocycles. The monoisotopic (exact) mass is 251 g/mol. The van der Waals surface area contributed by atoms with Crippen molar-refractivity contribution in [3.05, 3.63) is 29.6 Å². The van der Waals surface area contributed by atoms with E-state index in [1.54, 1.807) is 17.9 Å². The van der Waals surface area contributed by atoms with Crippen LogP contribution in [-0.4, -0.2) is 24.4 Å². The van der Waals surface area contributed by atoms with Crippen molar-refractivity contribution in [2.45, 2.75) is 19.5 Å². The van der Waals surface area contributed by atoms with Crippen LogP contribution < -0.4 is 16.0 Å². The molecule has 18 heavy (non-hydrogen) atoms. The maximum Gasteiger partial charge on any atom is 0.249 e. The molecule has 0 radical (unpaired) electrons. The lowest BCUT2D eigenvalue weighted by Gasteiger charge is -2.33. The fraction of sp³-hybridized carbons (Fsp3) is 0.333. The van der Waals surface area contributed by atoms with E-state index in [1.165, 1.54) is 12.1 Å². The molecule has 2 rings (SSSR count). The predicted molar refractivity (Wildman–Crippen MR) is 64.2 cm³/mol. The molecule has 1 heterocycles. The summed E-state index contributed by atoms with van der Waals surface area (Å²) in [6, 6.07) is 3.79. The first-order valence-electron chi connectivity index (χ1n) is 5.61. The van der Waals surface area contributed by atoms with E-state index in [9.17, 15) is 14.0 Å². The van der Waals surface area contributed by atoms with Crippen LogP contribution in [0.15, 0.2) is 18.2 Å². The van der Waals surface area contributed by atoms with Gasteiger partial charge in [0.1, 0.15) is 11.9 Å². The molecule has 0 spiro atoms. The number of imide groups is 1. The number of rotatable bonds is 2. The number of amides is 2. The molecule has 2 amide bonds. The molecule has 0 bridgehead atoms. The summed E-state index contributed by atoms with van der Waals surface area (Å²) in [5.74, 6) is -1.21. The minimum Gasteiger partial charge on any atom is -0.350 e.